The monoisotopic (exact) mass is 241 g/mol. The maximum atomic E-state index is 11.6. The first kappa shape index (κ1) is 12.4. The van der Waals surface area contributed by atoms with Gasteiger partial charge in [-0.3, -0.25) is 20.4 Å². The van der Waals surface area contributed by atoms with Gasteiger partial charge in [0.2, 0.25) is 5.91 Å². The molecule has 0 unspecified atom stereocenters. The van der Waals surface area contributed by atoms with Crippen LogP contribution in [0.2, 0.25) is 5.15 Å². The van der Waals surface area contributed by atoms with Crippen LogP contribution in [0.5, 0.6) is 0 Å². The van der Waals surface area contributed by atoms with Crippen molar-refractivity contribution in [2.75, 3.05) is 0 Å². The molecule has 1 heterocycles. The van der Waals surface area contributed by atoms with Crippen LogP contribution < -0.4 is 10.9 Å². The van der Waals surface area contributed by atoms with Gasteiger partial charge in [-0.1, -0.05) is 18.5 Å². The molecule has 2 amide bonds. The number of amides is 2. The smallest absolute Gasteiger partial charge is 0.269 e. The summed E-state index contributed by atoms with van der Waals surface area (Å²) < 4.78 is 0. The maximum absolute atomic E-state index is 11.6. The van der Waals surface area contributed by atoms with Crippen molar-refractivity contribution in [3.05, 3.63) is 28.5 Å². The molecular weight excluding hydrogens is 230 g/mol. The molecule has 16 heavy (non-hydrogen) atoms. The number of hydrogen-bond donors (Lipinski definition) is 2. The predicted molar refractivity (Wildman–Crippen MR) is 59.9 cm³/mol. The molecule has 0 aliphatic carbocycles. The van der Waals surface area contributed by atoms with Crippen molar-refractivity contribution < 1.29 is 9.59 Å². The molecule has 0 bridgehead atoms. The van der Waals surface area contributed by atoms with E-state index in [1.54, 1.807) is 6.07 Å². The van der Waals surface area contributed by atoms with Crippen molar-refractivity contribution in [1.82, 2.24) is 15.8 Å². The summed E-state index contributed by atoms with van der Waals surface area (Å²) in [5.41, 5.74) is 5.54. The highest BCUT2D eigenvalue weighted by molar-refractivity contribution is 6.29. The lowest BCUT2D eigenvalue weighted by Gasteiger charge is -2.06. The van der Waals surface area contributed by atoms with E-state index < -0.39 is 5.91 Å². The number of carbonyl (C=O) groups is 2. The third-order valence-electron chi connectivity index (χ3n) is 1.82. The van der Waals surface area contributed by atoms with Crippen molar-refractivity contribution in [2.45, 2.75) is 20.3 Å². The van der Waals surface area contributed by atoms with Crippen molar-refractivity contribution in [2.24, 2.45) is 0 Å². The highest BCUT2D eigenvalue weighted by Gasteiger charge is 2.08. The molecule has 0 fully saturated rings. The second-order valence-electron chi connectivity index (χ2n) is 3.16. The van der Waals surface area contributed by atoms with Crippen molar-refractivity contribution in [3.8, 4) is 0 Å². The fraction of sp³-hybridized carbons (Fsp3) is 0.300. The van der Waals surface area contributed by atoms with Crippen LogP contribution >= 0.6 is 11.6 Å². The molecule has 2 N–H and O–H groups in total. The van der Waals surface area contributed by atoms with Crippen LogP contribution in [-0.2, 0) is 11.2 Å². The van der Waals surface area contributed by atoms with E-state index in [9.17, 15) is 9.59 Å². The van der Waals surface area contributed by atoms with E-state index in [1.165, 1.54) is 13.0 Å². The van der Waals surface area contributed by atoms with Gasteiger partial charge in [0, 0.05) is 18.2 Å². The minimum absolute atomic E-state index is 0.257. The number of pyridine rings is 1. The Morgan fingerprint density at radius 2 is 2.06 bits per heavy atom. The lowest BCUT2D eigenvalue weighted by Crippen LogP contribution is -2.40. The number of rotatable bonds is 2. The topological polar surface area (TPSA) is 71.1 Å². The fourth-order valence-electron chi connectivity index (χ4n) is 1.08. The molecule has 0 saturated heterocycles. The van der Waals surface area contributed by atoms with Gasteiger partial charge in [-0.25, -0.2) is 4.98 Å². The van der Waals surface area contributed by atoms with Crippen LogP contribution in [0.25, 0.3) is 0 Å². The van der Waals surface area contributed by atoms with Crippen LogP contribution in [0, 0.1) is 0 Å². The quantitative estimate of drug-likeness (QED) is 0.601. The first-order valence-electron chi connectivity index (χ1n) is 4.76. The largest absolute Gasteiger partial charge is 0.274 e. The van der Waals surface area contributed by atoms with Crippen LogP contribution in [0.15, 0.2) is 12.1 Å². The highest BCUT2D eigenvalue weighted by atomic mass is 35.5. The van der Waals surface area contributed by atoms with Gasteiger partial charge in [-0.05, 0) is 18.6 Å². The average Bonchev–Trinajstić information content (AvgIpc) is 2.24. The standard InChI is InChI=1S/C10H12ClN3O2/c1-3-8-4-7(5-9(11)12-8)10(16)14-13-6(2)15/h4-5H,3H2,1-2H3,(H,13,15)(H,14,16). The summed E-state index contributed by atoms with van der Waals surface area (Å²) >= 11 is 5.76. The molecule has 86 valence electrons. The number of carbonyl (C=O) groups excluding carboxylic acids is 2. The van der Waals surface area contributed by atoms with Crippen molar-refractivity contribution in [3.63, 3.8) is 0 Å². The number of hydrogen-bond acceptors (Lipinski definition) is 3. The highest BCUT2D eigenvalue weighted by Crippen LogP contribution is 2.11. The minimum atomic E-state index is -0.422. The van der Waals surface area contributed by atoms with Crippen LogP contribution in [-0.4, -0.2) is 16.8 Å². The zero-order valence-electron chi connectivity index (χ0n) is 9.00. The fourth-order valence-corrected chi connectivity index (χ4v) is 1.31. The summed E-state index contributed by atoms with van der Waals surface area (Å²) in [6.45, 7) is 3.21. The summed E-state index contributed by atoms with van der Waals surface area (Å²) in [4.78, 5) is 26.2. The van der Waals surface area contributed by atoms with Gasteiger partial charge in [-0.15, -0.1) is 0 Å². The summed E-state index contributed by atoms with van der Waals surface area (Å²) in [5, 5.41) is 0.257. The molecule has 0 saturated carbocycles. The Balaban J connectivity index is 2.82. The summed E-state index contributed by atoms with van der Waals surface area (Å²) in [7, 11) is 0. The molecule has 0 radical (unpaired) electrons. The average molecular weight is 242 g/mol. The number of aromatic nitrogens is 1. The molecule has 0 atom stereocenters. The van der Waals surface area contributed by atoms with Gasteiger partial charge >= 0.3 is 0 Å². The molecule has 1 rings (SSSR count). The van der Waals surface area contributed by atoms with E-state index in [0.29, 0.717) is 12.0 Å². The van der Waals surface area contributed by atoms with Crippen molar-refractivity contribution >= 4 is 23.4 Å². The number of nitrogens with zero attached hydrogens (tertiary/aromatic N) is 1. The van der Waals surface area contributed by atoms with E-state index in [0.717, 1.165) is 5.69 Å². The van der Waals surface area contributed by atoms with Gasteiger partial charge in [0.15, 0.2) is 0 Å². The van der Waals surface area contributed by atoms with Crippen LogP contribution in [0.4, 0.5) is 0 Å². The second-order valence-corrected chi connectivity index (χ2v) is 3.55. The molecule has 6 heteroatoms. The van der Waals surface area contributed by atoms with Crippen molar-refractivity contribution in [1.29, 1.82) is 0 Å². The summed E-state index contributed by atoms with van der Waals surface area (Å²) in [6.07, 6.45) is 0.682. The Kier molecular flexibility index (Phi) is 4.25. The molecular formula is C10H12ClN3O2. The number of nitrogens with one attached hydrogen (secondary N) is 2. The Morgan fingerprint density at radius 1 is 1.38 bits per heavy atom. The molecule has 1 aromatic heterocycles. The minimum Gasteiger partial charge on any atom is -0.274 e. The Hall–Kier alpha value is -1.62. The first-order chi connectivity index (χ1) is 7.52. The first-order valence-corrected chi connectivity index (χ1v) is 5.14. The maximum Gasteiger partial charge on any atom is 0.269 e. The van der Waals surface area contributed by atoms with Gasteiger partial charge in [0.05, 0.1) is 0 Å². The molecule has 0 aliphatic rings. The van der Waals surface area contributed by atoms with Crippen LogP contribution in [0.1, 0.15) is 29.9 Å². The number of hydrazine groups is 1. The lowest BCUT2D eigenvalue weighted by molar-refractivity contribution is -0.119. The SMILES string of the molecule is CCc1cc(C(=O)NNC(C)=O)cc(Cl)n1. The van der Waals surface area contributed by atoms with Gasteiger partial charge in [0.1, 0.15) is 5.15 Å². The Bertz CT molecular complexity index is 421. The Labute approximate surface area is 98.2 Å². The van der Waals surface area contributed by atoms with Crippen LogP contribution in [0.3, 0.4) is 0 Å². The van der Waals surface area contributed by atoms with Gasteiger partial charge in [-0.2, -0.15) is 0 Å². The summed E-state index contributed by atoms with van der Waals surface area (Å²) in [5.74, 6) is -0.765. The third kappa shape index (κ3) is 3.51. The zero-order chi connectivity index (χ0) is 12.1. The summed E-state index contributed by atoms with van der Waals surface area (Å²) in [6, 6.07) is 3.07. The van der Waals surface area contributed by atoms with E-state index in [4.69, 9.17) is 11.6 Å². The van der Waals surface area contributed by atoms with Gasteiger partial charge < -0.3 is 0 Å². The zero-order valence-corrected chi connectivity index (χ0v) is 9.76. The van der Waals surface area contributed by atoms with E-state index in [1.807, 2.05) is 6.92 Å². The van der Waals surface area contributed by atoms with Gasteiger partial charge in [0.25, 0.3) is 5.91 Å². The number of aryl methyl sites for hydroxylation is 1. The molecule has 0 aliphatic heterocycles. The molecule has 0 aromatic carbocycles. The Morgan fingerprint density at radius 3 is 2.62 bits per heavy atom. The molecule has 5 nitrogen and oxygen atoms in total. The molecule has 1 aromatic rings. The third-order valence-corrected chi connectivity index (χ3v) is 2.02. The normalized spacial score (nSPS) is 9.69. The second kappa shape index (κ2) is 5.46. The van der Waals surface area contributed by atoms with E-state index in [2.05, 4.69) is 15.8 Å². The van der Waals surface area contributed by atoms with E-state index in [-0.39, 0.29) is 11.1 Å². The van der Waals surface area contributed by atoms with E-state index >= 15 is 0 Å². The molecule has 0 spiro atoms. The number of halogens is 1. The predicted octanol–water partition coefficient (Wildman–Crippen LogP) is 1.08. The lowest BCUT2D eigenvalue weighted by atomic mass is 10.2.